The number of fused-ring (bicyclic) bond motifs is 1. The number of anilines is 1. The first-order valence-corrected chi connectivity index (χ1v) is 8.72. The van der Waals surface area contributed by atoms with Gasteiger partial charge in [0.05, 0.1) is 5.92 Å². The third kappa shape index (κ3) is 4.37. The summed E-state index contributed by atoms with van der Waals surface area (Å²) in [6.45, 7) is 5.98. The second-order valence-electron chi connectivity index (χ2n) is 5.76. The fourth-order valence-corrected chi connectivity index (χ4v) is 2.68. The second kappa shape index (κ2) is 8.97. The summed E-state index contributed by atoms with van der Waals surface area (Å²) in [7, 11) is 0. The zero-order valence-corrected chi connectivity index (χ0v) is 15.4. The molecule has 0 aliphatic rings. The average molecular weight is 351 g/mol. The highest BCUT2D eigenvalue weighted by molar-refractivity contribution is 5.98. The van der Waals surface area contributed by atoms with Gasteiger partial charge < -0.3 is 16.2 Å². The lowest BCUT2D eigenvalue weighted by molar-refractivity contribution is -0.117. The molecule has 3 rings (SSSR count). The maximum atomic E-state index is 12.6. The molecule has 1 unspecified atom stereocenters. The van der Waals surface area contributed by atoms with Crippen molar-refractivity contribution in [2.24, 2.45) is 5.73 Å². The Kier molecular flexibility index (Phi) is 6.69. The number of carbonyl (C=O) groups is 1. The molecule has 5 nitrogen and oxygen atoms in total. The third-order valence-corrected chi connectivity index (χ3v) is 4.08. The number of nitrogens with one attached hydrogen (secondary N) is 1. The van der Waals surface area contributed by atoms with Crippen LogP contribution in [0.2, 0.25) is 0 Å². The Labute approximate surface area is 153 Å². The quantitative estimate of drug-likeness (QED) is 0.664. The van der Waals surface area contributed by atoms with Crippen molar-refractivity contribution in [1.29, 1.82) is 0 Å². The molecule has 0 bridgehead atoms. The smallest absolute Gasteiger partial charge is 0.233 e. The minimum Gasteiger partial charge on any atom is -0.508 e. The number of aromatic hydroxyl groups is 1. The highest BCUT2D eigenvalue weighted by atomic mass is 16.3. The minimum atomic E-state index is -0.475. The van der Waals surface area contributed by atoms with E-state index in [9.17, 15) is 9.90 Å². The van der Waals surface area contributed by atoms with Crippen molar-refractivity contribution >= 4 is 22.4 Å². The standard InChI is InChI=1S/C19H19N3O2.C2H6/c1-12-8-14(3-5-18(12)23)17(10-20)19(24)22-16-4-2-15-11-21-7-6-13(15)9-16;1-2/h2-9,11,17,23H,10,20H2,1H3,(H,22,24);1-2H3. The highest BCUT2D eigenvalue weighted by Crippen LogP contribution is 2.24. The summed E-state index contributed by atoms with van der Waals surface area (Å²) in [5.74, 6) is -0.438. The van der Waals surface area contributed by atoms with Gasteiger partial charge in [-0.2, -0.15) is 0 Å². The monoisotopic (exact) mass is 351 g/mol. The van der Waals surface area contributed by atoms with E-state index >= 15 is 0 Å². The van der Waals surface area contributed by atoms with Gasteiger partial charge in [-0.25, -0.2) is 0 Å². The second-order valence-corrected chi connectivity index (χ2v) is 5.76. The van der Waals surface area contributed by atoms with Gasteiger partial charge in [-0.3, -0.25) is 9.78 Å². The van der Waals surface area contributed by atoms with Gasteiger partial charge in [0.2, 0.25) is 5.91 Å². The van der Waals surface area contributed by atoms with E-state index < -0.39 is 5.92 Å². The Morgan fingerprint density at radius 3 is 2.62 bits per heavy atom. The van der Waals surface area contributed by atoms with Crippen LogP contribution in [0.1, 0.15) is 30.9 Å². The van der Waals surface area contributed by atoms with E-state index in [4.69, 9.17) is 5.73 Å². The molecule has 4 N–H and O–H groups in total. The summed E-state index contributed by atoms with van der Waals surface area (Å²) in [6.07, 6.45) is 3.50. The summed E-state index contributed by atoms with van der Waals surface area (Å²) in [5.41, 5.74) is 8.03. The lowest BCUT2D eigenvalue weighted by Crippen LogP contribution is -2.27. The van der Waals surface area contributed by atoms with E-state index in [1.54, 1.807) is 37.5 Å². The lowest BCUT2D eigenvalue weighted by atomic mass is 9.96. The van der Waals surface area contributed by atoms with Gasteiger partial charge in [-0.15, -0.1) is 0 Å². The Morgan fingerprint density at radius 2 is 1.92 bits per heavy atom. The summed E-state index contributed by atoms with van der Waals surface area (Å²) < 4.78 is 0. The van der Waals surface area contributed by atoms with Gasteiger partial charge in [-0.1, -0.05) is 32.0 Å². The number of phenolic OH excluding ortho intramolecular Hbond substituents is 1. The first kappa shape index (κ1) is 19.4. The average Bonchev–Trinajstić information content (AvgIpc) is 2.66. The van der Waals surface area contributed by atoms with Gasteiger partial charge in [0.25, 0.3) is 0 Å². The van der Waals surface area contributed by atoms with E-state index in [1.807, 2.05) is 38.1 Å². The third-order valence-electron chi connectivity index (χ3n) is 4.08. The summed E-state index contributed by atoms with van der Waals surface area (Å²) in [6, 6.07) is 12.7. The zero-order chi connectivity index (χ0) is 19.1. The molecule has 0 aliphatic heterocycles. The van der Waals surface area contributed by atoms with Gasteiger partial charge in [0.15, 0.2) is 0 Å². The van der Waals surface area contributed by atoms with E-state index in [1.165, 1.54) is 0 Å². The highest BCUT2D eigenvalue weighted by Gasteiger charge is 2.20. The predicted molar refractivity (Wildman–Crippen MR) is 106 cm³/mol. The van der Waals surface area contributed by atoms with Crippen LogP contribution in [0.15, 0.2) is 54.9 Å². The molecule has 0 saturated carbocycles. The normalized spacial score (nSPS) is 11.4. The number of phenols is 1. The SMILES string of the molecule is CC.Cc1cc(C(CN)C(=O)Nc2ccc3cnccc3c2)ccc1O. The first-order valence-electron chi connectivity index (χ1n) is 8.72. The van der Waals surface area contributed by atoms with Crippen LogP contribution in [0.3, 0.4) is 0 Å². The van der Waals surface area contributed by atoms with Gasteiger partial charge in [0.1, 0.15) is 5.75 Å². The van der Waals surface area contributed by atoms with Crippen LogP contribution < -0.4 is 11.1 Å². The van der Waals surface area contributed by atoms with E-state index in [2.05, 4.69) is 10.3 Å². The van der Waals surface area contributed by atoms with Crippen LogP contribution in [0, 0.1) is 6.92 Å². The number of aromatic nitrogens is 1. The van der Waals surface area contributed by atoms with Crippen LogP contribution in [-0.2, 0) is 4.79 Å². The van der Waals surface area contributed by atoms with Gasteiger partial charge in [-0.05, 0) is 47.7 Å². The maximum absolute atomic E-state index is 12.6. The van der Waals surface area contributed by atoms with Crippen LogP contribution in [-0.4, -0.2) is 22.5 Å². The fourth-order valence-electron chi connectivity index (χ4n) is 2.68. The molecule has 26 heavy (non-hydrogen) atoms. The van der Waals surface area contributed by atoms with Crippen molar-refractivity contribution in [3.63, 3.8) is 0 Å². The maximum Gasteiger partial charge on any atom is 0.233 e. The molecule has 1 amide bonds. The fraction of sp³-hybridized carbons (Fsp3) is 0.238. The summed E-state index contributed by atoms with van der Waals surface area (Å²) in [4.78, 5) is 16.7. The number of hydrogen-bond donors (Lipinski definition) is 3. The molecule has 0 spiro atoms. The van der Waals surface area contributed by atoms with Crippen molar-refractivity contribution in [2.45, 2.75) is 26.7 Å². The number of amides is 1. The number of nitrogens with two attached hydrogens (primary N) is 1. The molecular weight excluding hydrogens is 326 g/mol. The van der Waals surface area contributed by atoms with Crippen molar-refractivity contribution in [3.8, 4) is 5.75 Å². The predicted octanol–water partition coefficient (Wildman–Crippen LogP) is 3.96. The molecule has 5 heteroatoms. The molecule has 136 valence electrons. The topological polar surface area (TPSA) is 88.2 Å². The van der Waals surface area contributed by atoms with E-state index in [0.29, 0.717) is 5.69 Å². The number of rotatable bonds is 4. The minimum absolute atomic E-state index is 0.170. The largest absolute Gasteiger partial charge is 0.508 e. The molecule has 0 radical (unpaired) electrons. The van der Waals surface area contributed by atoms with E-state index in [-0.39, 0.29) is 18.2 Å². The van der Waals surface area contributed by atoms with Crippen molar-refractivity contribution in [1.82, 2.24) is 4.98 Å². The van der Waals surface area contributed by atoms with Gasteiger partial charge in [0, 0.05) is 30.0 Å². The molecule has 0 fully saturated rings. The molecule has 1 atom stereocenters. The molecule has 0 saturated heterocycles. The van der Waals surface area contributed by atoms with Crippen LogP contribution in [0.5, 0.6) is 5.75 Å². The first-order chi connectivity index (χ1) is 12.6. The summed E-state index contributed by atoms with van der Waals surface area (Å²) in [5, 5.41) is 14.6. The molecule has 1 heterocycles. The molecular formula is C21H25N3O2. The van der Waals surface area contributed by atoms with Crippen LogP contribution in [0.4, 0.5) is 5.69 Å². The molecule has 0 aliphatic carbocycles. The van der Waals surface area contributed by atoms with Crippen molar-refractivity contribution in [2.75, 3.05) is 11.9 Å². The van der Waals surface area contributed by atoms with Crippen molar-refractivity contribution < 1.29 is 9.90 Å². The number of aryl methyl sites for hydroxylation is 1. The molecule has 2 aromatic carbocycles. The number of nitrogens with zero attached hydrogens (tertiary/aromatic N) is 1. The molecule has 1 aromatic heterocycles. The van der Waals surface area contributed by atoms with Crippen LogP contribution in [0.25, 0.3) is 10.8 Å². The number of hydrogen-bond acceptors (Lipinski definition) is 4. The Morgan fingerprint density at radius 1 is 1.15 bits per heavy atom. The van der Waals surface area contributed by atoms with E-state index in [0.717, 1.165) is 21.9 Å². The van der Waals surface area contributed by atoms with Gasteiger partial charge >= 0.3 is 0 Å². The van der Waals surface area contributed by atoms with Crippen molar-refractivity contribution in [3.05, 3.63) is 66.0 Å². The number of pyridine rings is 1. The Hall–Kier alpha value is -2.92. The van der Waals surface area contributed by atoms with Crippen LogP contribution >= 0.6 is 0 Å². The zero-order valence-electron chi connectivity index (χ0n) is 15.4. The number of carbonyl (C=O) groups excluding carboxylic acids is 1. The lowest BCUT2D eigenvalue weighted by Gasteiger charge is -2.16. The Balaban J connectivity index is 0.00000117. The summed E-state index contributed by atoms with van der Waals surface area (Å²) >= 11 is 0. The number of benzene rings is 2. The molecule has 3 aromatic rings. The Bertz CT molecular complexity index is 893.